The lowest BCUT2D eigenvalue weighted by Gasteiger charge is -2.00. The van der Waals surface area contributed by atoms with Gasteiger partial charge in [0.1, 0.15) is 11.3 Å². The van der Waals surface area contributed by atoms with E-state index in [0.29, 0.717) is 5.89 Å². The summed E-state index contributed by atoms with van der Waals surface area (Å²) in [4.78, 5) is 4.53. The van der Waals surface area contributed by atoms with Gasteiger partial charge in [-0.05, 0) is 47.5 Å². The molecular formula is C22H17NO2. The fraction of sp³-hybridized carbons (Fsp3) is 0.0455. The molecule has 3 aromatic carbocycles. The molecule has 0 aliphatic heterocycles. The summed E-state index contributed by atoms with van der Waals surface area (Å²) in [5, 5.41) is 0. The molecule has 0 saturated carbocycles. The van der Waals surface area contributed by atoms with E-state index in [1.165, 1.54) is 0 Å². The Kier molecular flexibility index (Phi) is 4.05. The number of oxazole rings is 1. The maximum atomic E-state index is 5.80. The fourth-order valence-corrected chi connectivity index (χ4v) is 2.64. The molecule has 0 radical (unpaired) electrons. The summed E-state index contributed by atoms with van der Waals surface area (Å²) in [5.74, 6) is 1.51. The van der Waals surface area contributed by atoms with E-state index in [4.69, 9.17) is 9.15 Å². The highest BCUT2D eigenvalue weighted by Crippen LogP contribution is 2.24. The number of hydrogen-bond acceptors (Lipinski definition) is 3. The quantitative estimate of drug-likeness (QED) is 0.453. The Morgan fingerprint density at radius 1 is 0.800 bits per heavy atom. The predicted octanol–water partition coefficient (Wildman–Crippen LogP) is 5.67. The van der Waals surface area contributed by atoms with Gasteiger partial charge >= 0.3 is 0 Å². The SMILES string of the molecule is COc1ccc(/C=C/c2ccc(-c3nc4ccccc4o3)cc2)cc1. The molecule has 0 aliphatic carbocycles. The molecule has 0 aliphatic rings. The molecule has 25 heavy (non-hydrogen) atoms. The Hall–Kier alpha value is -3.33. The monoisotopic (exact) mass is 327 g/mol. The lowest BCUT2D eigenvalue weighted by molar-refractivity contribution is 0.415. The van der Waals surface area contributed by atoms with Crippen molar-refractivity contribution in [3.8, 4) is 17.2 Å². The zero-order chi connectivity index (χ0) is 17.1. The van der Waals surface area contributed by atoms with Gasteiger partial charge in [0.15, 0.2) is 5.58 Å². The van der Waals surface area contributed by atoms with Crippen LogP contribution in [0.15, 0.2) is 77.2 Å². The fourth-order valence-electron chi connectivity index (χ4n) is 2.64. The molecule has 0 fully saturated rings. The van der Waals surface area contributed by atoms with E-state index in [1.807, 2.05) is 60.7 Å². The van der Waals surface area contributed by atoms with E-state index < -0.39 is 0 Å². The first-order valence-corrected chi connectivity index (χ1v) is 8.10. The van der Waals surface area contributed by atoms with E-state index in [1.54, 1.807) is 7.11 Å². The van der Waals surface area contributed by atoms with Gasteiger partial charge in [0.25, 0.3) is 0 Å². The molecule has 0 saturated heterocycles. The van der Waals surface area contributed by atoms with Crippen LogP contribution in [0, 0.1) is 0 Å². The van der Waals surface area contributed by atoms with Crippen molar-refractivity contribution < 1.29 is 9.15 Å². The van der Waals surface area contributed by atoms with Gasteiger partial charge in [-0.15, -0.1) is 0 Å². The van der Waals surface area contributed by atoms with Crippen LogP contribution in [0.25, 0.3) is 34.7 Å². The average Bonchev–Trinajstić information content (AvgIpc) is 3.11. The molecule has 0 N–H and O–H groups in total. The van der Waals surface area contributed by atoms with Crippen molar-refractivity contribution in [3.05, 3.63) is 83.9 Å². The third-order valence-electron chi connectivity index (χ3n) is 4.04. The van der Waals surface area contributed by atoms with Crippen molar-refractivity contribution in [1.29, 1.82) is 0 Å². The maximum Gasteiger partial charge on any atom is 0.227 e. The van der Waals surface area contributed by atoms with Gasteiger partial charge < -0.3 is 9.15 Å². The van der Waals surface area contributed by atoms with Crippen LogP contribution in [0.4, 0.5) is 0 Å². The maximum absolute atomic E-state index is 5.80. The Labute approximate surface area is 146 Å². The largest absolute Gasteiger partial charge is 0.497 e. The molecule has 1 aromatic heterocycles. The second-order valence-corrected chi connectivity index (χ2v) is 5.72. The van der Waals surface area contributed by atoms with E-state index in [0.717, 1.165) is 33.5 Å². The lowest BCUT2D eigenvalue weighted by atomic mass is 10.1. The molecule has 3 heteroatoms. The van der Waals surface area contributed by atoms with Crippen LogP contribution in [-0.4, -0.2) is 12.1 Å². The van der Waals surface area contributed by atoms with Gasteiger partial charge in [-0.3, -0.25) is 0 Å². The number of nitrogens with zero attached hydrogens (tertiary/aromatic N) is 1. The van der Waals surface area contributed by atoms with Gasteiger partial charge in [0, 0.05) is 5.56 Å². The van der Waals surface area contributed by atoms with E-state index >= 15 is 0 Å². The zero-order valence-corrected chi connectivity index (χ0v) is 13.8. The van der Waals surface area contributed by atoms with Crippen molar-refractivity contribution in [3.63, 3.8) is 0 Å². The molecule has 4 aromatic rings. The summed E-state index contributed by atoms with van der Waals surface area (Å²) in [5.41, 5.74) is 4.90. The highest BCUT2D eigenvalue weighted by molar-refractivity contribution is 5.76. The molecule has 0 atom stereocenters. The highest BCUT2D eigenvalue weighted by Gasteiger charge is 2.06. The first-order valence-electron chi connectivity index (χ1n) is 8.10. The van der Waals surface area contributed by atoms with Crippen molar-refractivity contribution in [2.24, 2.45) is 0 Å². The van der Waals surface area contributed by atoms with Gasteiger partial charge in [0.05, 0.1) is 7.11 Å². The molecule has 1 heterocycles. The molecule has 122 valence electrons. The second kappa shape index (κ2) is 6.65. The van der Waals surface area contributed by atoms with Crippen molar-refractivity contribution in [2.45, 2.75) is 0 Å². The minimum Gasteiger partial charge on any atom is -0.497 e. The molecule has 0 amide bonds. The number of methoxy groups -OCH3 is 1. The normalized spacial score (nSPS) is 11.2. The van der Waals surface area contributed by atoms with Gasteiger partial charge in [-0.1, -0.05) is 48.6 Å². The van der Waals surface area contributed by atoms with E-state index in [9.17, 15) is 0 Å². The van der Waals surface area contributed by atoms with E-state index in [-0.39, 0.29) is 0 Å². The Balaban J connectivity index is 1.53. The van der Waals surface area contributed by atoms with Gasteiger partial charge in [0.2, 0.25) is 5.89 Å². The Morgan fingerprint density at radius 3 is 2.08 bits per heavy atom. The predicted molar refractivity (Wildman–Crippen MR) is 101 cm³/mol. The minimum absolute atomic E-state index is 0.645. The number of fused-ring (bicyclic) bond motifs is 1. The van der Waals surface area contributed by atoms with Crippen molar-refractivity contribution in [1.82, 2.24) is 4.98 Å². The summed E-state index contributed by atoms with van der Waals surface area (Å²) in [6, 6.07) is 23.9. The highest BCUT2D eigenvalue weighted by atomic mass is 16.5. The first kappa shape index (κ1) is 15.2. The van der Waals surface area contributed by atoms with Crippen LogP contribution >= 0.6 is 0 Å². The number of benzene rings is 3. The summed E-state index contributed by atoms with van der Waals surface area (Å²) in [7, 11) is 1.67. The van der Waals surface area contributed by atoms with Crippen LogP contribution in [0.2, 0.25) is 0 Å². The molecule has 0 bridgehead atoms. The van der Waals surface area contributed by atoms with Gasteiger partial charge in [-0.2, -0.15) is 0 Å². The zero-order valence-electron chi connectivity index (χ0n) is 13.8. The van der Waals surface area contributed by atoms with Crippen molar-refractivity contribution >= 4 is 23.3 Å². The third kappa shape index (κ3) is 3.31. The van der Waals surface area contributed by atoms with Crippen LogP contribution < -0.4 is 4.74 Å². The summed E-state index contributed by atoms with van der Waals surface area (Å²) in [6.07, 6.45) is 4.16. The number of para-hydroxylation sites is 2. The van der Waals surface area contributed by atoms with Crippen molar-refractivity contribution in [2.75, 3.05) is 7.11 Å². The molecule has 3 nitrogen and oxygen atoms in total. The Bertz CT molecular complexity index is 979. The van der Waals surface area contributed by atoms with Gasteiger partial charge in [-0.25, -0.2) is 4.98 Å². The average molecular weight is 327 g/mol. The first-order chi connectivity index (χ1) is 12.3. The van der Waals surface area contributed by atoms with Crippen LogP contribution in [0.1, 0.15) is 11.1 Å². The molecule has 0 unspecified atom stereocenters. The van der Waals surface area contributed by atoms with E-state index in [2.05, 4.69) is 29.3 Å². The molecule has 0 spiro atoms. The molecular weight excluding hydrogens is 310 g/mol. The van der Waals surface area contributed by atoms with Crippen LogP contribution in [-0.2, 0) is 0 Å². The minimum atomic E-state index is 0.645. The second-order valence-electron chi connectivity index (χ2n) is 5.72. The number of rotatable bonds is 4. The summed E-state index contributed by atoms with van der Waals surface area (Å²) in [6.45, 7) is 0. The smallest absolute Gasteiger partial charge is 0.227 e. The lowest BCUT2D eigenvalue weighted by Crippen LogP contribution is -1.81. The molecule has 4 rings (SSSR count). The number of aromatic nitrogens is 1. The summed E-state index contributed by atoms with van der Waals surface area (Å²) >= 11 is 0. The number of hydrogen-bond donors (Lipinski definition) is 0. The van der Waals surface area contributed by atoms with Crippen LogP contribution in [0.5, 0.6) is 5.75 Å². The number of ether oxygens (including phenoxy) is 1. The standard InChI is InChI=1S/C22H17NO2/c1-24-19-14-10-17(11-15-19)7-6-16-8-12-18(13-9-16)22-23-20-4-2-3-5-21(20)25-22/h2-15H,1H3/b7-6+. The topological polar surface area (TPSA) is 35.3 Å². The van der Waals surface area contributed by atoms with Crippen LogP contribution in [0.3, 0.4) is 0 Å². The Morgan fingerprint density at radius 2 is 1.44 bits per heavy atom. The summed E-state index contributed by atoms with van der Waals surface area (Å²) < 4.78 is 11.0. The third-order valence-corrected chi connectivity index (χ3v) is 4.04.